The summed E-state index contributed by atoms with van der Waals surface area (Å²) in [5.74, 6) is -0.216. The number of carbonyl (C=O) groups excluding carboxylic acids is 1. The molecule has 146 valence electrons. The van der Waals surface area contributed by atoms with E-state index in [1.165, 1.54) is 15.8 Å². The molecule has 0 saturated carbocycles. The second-order valence-electron chi connectivity index (χ2n) is 5.91. The van der Waals surface area contributed by atoms with Crippen LogP contribution in [0.4, 0.5) is 13.2 Å². The summed E-state index contributed by atoms with van der Waals surface area (Å²) in [4.78, 5) is 13.5. The van der Waals surface area contributed by atoms with Crippen molar-refractivity contribution in [3.63, 3.8) is 0 Å². The number of nitrogens with zero attached hydrogens (tertiary/aromatic N) is 5. The number of alkyl halides is 3. The van der Waals surface area contributed by atoms with E-state index in [0.717, 1.165) is 28.6 Å². The van der Waals surface area contributed by atoms with Gasteiger partial charge in [-0.15, -0.1) is 5.10 Å². The highest BCUT2D eigenvalue weighted by Crippen LogP contribution is 2.30. The second kappa shape index (κ2) is 7.27. The van der Waals surface area contributed by atoms with Crippen molar-refractivity contribution in [1.29, 1.82) is 0 Å². The normalized spacial score (nSPS) is 16.5. The molecule has 2 aromatic rings. The van der Waals surface area contributed by atoms with Crippen LogP contribution < -0.4 is 0 Å². The number of amides is 1. The van der Waals surface area contributed by atoms with Crippen LogP contribution in [0.5, 0.6) is 0 Å². The fraction of sp³-hybridized carbons (Fsp3) is 0.400. The molecule has 0 atom stereocenters. The summed E-state index contributed by atoms with van der Waals surface area (Å²) >= 11 is 0. The van der Waals surface area contributed by atoms with Crippen LogP contribution >= 0.6 is 0 Å². The molecule has 1 amide bonds. The summed E-state index contributed by atoms with van der Waals surface area (Å²) in [7, 11) is -3.92. The van der Waals surface area contributed by atoms with Gasteiger partial charge in [-0.05, 0) is 24.3 Å². The Hall–Kier alpha value is -2.47. The van der Waals surface area contributed by atoms with Crippen LogP contribution in [0.3, 0.4) is 0 Å². The molecule has 1 fully saturated rings. The first-order valence-corrected chi connectivity index (χ1v) is 9.41. The van der Waals surface area contributed by atoms with Gasteiger partial charge in [0.05, 0.1) is 16.7 Å². The van der Waals surface area contributed by atoms with Crippen molar-refractivity contribution in [2.75, 3.05) is 26.2 Å². The number of halogens is 3. The molecule has 0 aliphatic carbocycles. The van der Waals surface area contributed by atoms with Gasteiger partial charge in [0, 0.05) is 32.4 Å². The van der Waals surface area contributed by atoms with E-state index in [1.807, 2.05) is 0 Å². The number of benzene rings is 1. The van der Waals surface area contributed by atoms with E-state index in [2.05, 4.69) is 10.3 Å². The Morgan fingerprint density at radius 2 is 1.70 bits per heavy atom. The van der Waals surface area contributed by atoms with Crippen molar-refractivity contribution in [2.45, 2.75) is 17.6 Å². The molecule has 1 saturated heterocycles. The minimum absolute atomic E-state index is 0.00561. The number of rotatable bonds is 4. The third kappa shape index (κ3) is 4.27. The molecule has 2 heterocycles. The molecule has 0 N–H and O–H groups in total. The van der Waals surface area contributed by atoms with E-state index in [0.29, 0.717) is 0 Å². The van der Waals surface area contributed by atoms with Crippen LogP contribution in [0.15, 0.2) is 41.6 Å². The summed E-state index contributed by atoms with van der Waals surface area (Å²) < 4.78 is 65.6. The molecule has 0 radical (unpaired) electrons. The molecule has 8 nitrogen and oxygen atoms in total. The number of hydrogen-bond donors (Lipinski definition) is 0. The van der Waals surface area contributed by atoms with E-state index in [1.54, 1.807) is 6.20 Å². The third-order valence-electron chi connectivity index (χ3n) is 4.18. The highest BCUT2D eigenvalue weighted by atomic mass is 32.2. The fourth-order valence-corrected chi connectivity index (χ4v) is 4.12. The number of carbonyl (C=O) groups is 1. The summed E-state index contributed by atoms with van der Waals surface area (Å²) in [6, 6.07) is 3.37. The quantitative estimate of drug-likeness (QED) is 0.755. The van der Waals surface area contributed by atoms with Gasteiger partial charge in [-0.1, -0.05) is 5.21 Å². The third-order valence-corrected chi connectivity index (χ3v) is 6.09. The molecule has 27 heavy (non-hydrogen) atoms. The van der Waals surface area contributed by atoms with Crippen molar-refractivity contribution in [3.8, 4) is 0 Å². The van der Waals surface area contributed by atoms with E-state index < -0.39 is 21.8 Å². The van der Waals surface area contributed by atoms with E-state index in [4.69, 9.17) is 0 Å². The lowest BCUT2D eigenvalue weighted by Gasteiger charge is -2.34. The van der Waals surface area contributed by atoms with Crippen LogP contribution in [-0.4, -0.2) is 64.7 Å². The molecular weight excluding hydrogens is 387 g/mol. The predicted octanol–water partition coefficient (Wildman–Crippen LogP) is 0.830. The fourth-order valence-electron chi connectivity index (χ4n) is 2.70. The largest absolute Gasteiger partial charge is 0.416 e. The maximum Gasteiger partial charge on any atom is 0.416 e. The topological polar surface area (TPSA) is 88.4 Å². The molecule has 1 aromatic carbocycles. The second-order valence-corrected chi connectivity index (χ2v) is 7.85. The summed E-state index contributed by atoms with van der Waals surface area (Å²) in [6.45, 7) is 0.505. The lowest BCUT2D eigenvalue weighted by Crippen LogP contribution is -2.51. The Kier molecular flexibility index (Phi) is 5.20. The molecule has 1 aliphatic heterocycles. The van der Waals surface area contributed by atoms with Crippen molar-refractivity contribution in [2.24, 2.45) is 0 Å². The maximum absolute atomic E-state index is 12.6. The van der Waals surface area contributed by atoms with Gasteiger partial charge in [0.2, 0.25) is 15.9 Å². The van der Waals surface area contributed by atoms with Crippen molar-refractivity contribution in [1.82, 2.24) is 24.2 Å². The minimum atomic E-state index is -4.53. The Labute approximate surface area is 153 Å². The van der Waals surface area contributed by atoms with Crippen LogP contribution in [0.1, 0.15) is 5.56 Å². The zero-order chi connectivity index (χ0) is 19.7. The Bertz CT molecular complexity index is 890. The molecule has 1 aromatic heterocycles. The summed E-state index contributed by atoms with van der Waals surface area (Å²) in [5.41, 5.74) is -0.912. The lowest BCUT2D eigenvalue weighted by atomic mass is 10.2. The van der Waals surface area contributed by atoms with E-state index >= 15 is 0 Å². The molecule has 0 spiro atoms. The van der Waals surface area contributed by atoms with Gasteiger partial charge in [0.1, 0.15) is 6.54 Å². The average Bonchev–Trinajstić information content (AvgIpc) is 3.14. The monoisotopic (exact) mass is 403 g/mol. The van der Waals surface area contributed by atoms with Gasteiger partial charge in [-0.2, -0.15) is 17.5 Å². The lowest BCUT2D eigenvalue weighted by molar-refractivity contribution is -0.137. The first kappa shape index (κ1) is 19.3. The summed E-state index contributed by atoms with van der Waals surface area (Å²) in [6.07, 6.45) is -1.54. The van der Waals surface area contributed by atoms with Crippen LogP contribution in [0.25, 0.3) is 0 Å². The predicted molar refractivity (Wildman–Crippen MR) is 86.8 cm³/mol. The molecule has 0 unspecified atom stereocenters. The SMILES string of the molecule is O=C(Cn1ccnn1)N1CCN(S(=O)(=O)c2ccc(C(F)(F)F)cc2)CC1. The highest BCUT2D eigenvalue weighted by Gasteiger charge is 2.33. The van der Waals surface area contributed by atoms with Gasteiger partial charge in [-0.25, -0.2) is 13.1 Å². The number of aromatic nitrogens is 3. The zero-order valence-electron chi connectivity index (χ0n) is 14.0. The van der Waals surface area contributed by atoms with Gasteiger partial charge in [0.25, 0.3) is 0 Å². The van der Waals surface area contributed by atoms with Gasteiger partial charge in [-0.3, -0.25) is 4.79 Å². The Morgan fingerprint density at radius 3 is 2.22 bits per heavy atom. The van der Waals surface area contributed by atoms with Gasteiger partial charge in [0.15, 0.2) is 0 Å². The van der Waals surface area contributed by atoms with E-state index in [-0.39, 0.29) is 43.5 Å². The van der Waals surface area contributed by atoms with Crippen molar-refractivity contribution in [3.05, 3.63) is 42.2 Å². The van der Waals surface area contributed by atoms with Gasteiger partial charge >= 0.3 is 6.18 Å². The van der Waals surface area contributed by atoms with Crippen LogP contribution in [-0.2, 0) is 27.5 Å². The Balaban J connectivity index is 1.63. The highest BCUT2D eigenvalue weighted by molar-refractivity contribution is 7.89. The van der Waals surface area contributed by atoms with E-state index in [9.17, 15) is 26.4 Å². The van der Waals surface area contributed by atoms with Crippen LogP contribution in [0.2, 0.25) is 0 Å². The maximum atomic E-state index is 12.6. The smallest absolute Gasteiger partial charge is 0.338 e. The van der Waals surface area contributed by atoms with Crippen molar-refractivity contribution >= 4 is 15.9 Å². The molecule has 12 heteroatoms. The first-order chi connectivity index (χ1) is 12.7. The van der Waals surface area contributed by atoms with Crippen LogP contribution in [0, 0.1) is 0 Å². The average molecular weight is 403 g/mol. The molecule has 3 rings (SSSR count). The zero-order valence-corrected chi connectivity index (χ0v) is 14.8. The van der Waals surface area contributed by atoms with Crippen molar-refractivity contribution < 1.29 is 26.4 Å². The number of sulfonamides is 1. The Morgan fingerprint density at radius 1 is 1.07 bits per heavy atom. The molecule has 1 aliphatic rings. The minimum Gasteiger partial charge on any atom is -0.338 e. The number of hydrogen-bond acceptors (Lipinski definition) is 5. The molecule has 0 bridgehead atoms. The summed E-state index contributed by atoms with van der Waals surface area (Å²) in [5, 5.41) is 7.31. The van der Waals surface area contributed by atoms with Gasteiger partial charge < -0.3 is 4.90 Å². The standard InChI is InChI=1S/C15H16F3N5O3S/c16-15(17,18)12-1-3-13(4-2-12)27(25,26)23-9-7-21(8-10-23)14(24)11-22-6-5-19-20-22/h1-6H,7-11H2. The first-order valence-electron chi connectivity index (χ1n) is 7.97. The number of piperazine rings is 1. The molecular formula is C15H16F3N5O3S.